The largest absolute Gasteiger partial charge is 0.353 e. The van der Waals surface area contributed by atoms with E-state index in [0.717, 1.165) is 29.5 Å². The van der Waals surface area contributed by atoms with Crippen molar-refractivity contribution in [3.63, 3.8) is 0 Å². The van der Waals surface area contributed by atoms with E-state index in [9.17, 15) is 4.79 Å². The first-order valence-electron chi connectivity index (χ1n) is 7.40. The van der Waals surface area contributed by atoms with Gasteiger partial charge in [-0.3, -0.25) is 4.79 Å². The molecule has 1 aromatic heterocycles. The normalized spacial score (nSPS) is 14.2. The van der Waals surface area contributed by atoms with Crippen LogP contribution in [0.15, 0.2) is 17.3 Å². The summed E-state index contributed by atoms with van der Waals surface area (Å²) < 4.78 is 2.00. The molecule has 130 valence electrons. The number of nitrogens with one attached hydrogen (secondary N) is 1. The Morgan fingerprint density at radius 1 is 1.43 bits per heavy atom. The zero-order valence-electron chi connectivity index (χ0n) is 14.0. The molecule has 1 aromatic rings. The number of aliphatic imine (C=N–C) groups is 1. The number of carbonyl (C=O) groups is 1. The van der Waals surface area contributed by atoms with Crippen molar-refractivity contribution in [2.75, 3.05) is 27.7 Å². The Hall–Kier alpha value is -0.960. The lowest BCUT2D eigenvalue weighted by Gasteiger charge is -2.23. The molecule has 0 aliphatic heterocycles. The summed E-state index contributed by atoms with van der Waals surface area (Å²) >= 11 is 6.03. The fraction of sp³-hybridized carbons (Fsp3) is 0.600. The van der Waals surface area contributed by atoms with Crippen LogP contribution in [0.5, 0.6) is 0 Å². The molecular weight excluding hydrogens is 429 g/mol. The summed E-state index contributed by atoms with van der Waals surface area (Å²) in [6.45, 7) is 0.832. The molecule has 2 rings (SSSR count). The minimum atomic E-state index is -0.00888. The van der Waals surface area contributed by atoms with Crippen LogP contribution in [0.1, 0.15) is 18.5 Å². The molecule has 1 fully saturated rings. The van der Waals surface area contributed by atoms with Gasteiger partial charge in [0, 0.05) is 46.1 Å². The molecule has 1 amide bonds. The van der Waals surface area contributed by atoms with Gasteiger partial charge in [0.15, 0.2) is 5.96 Å². The van der Waals surface area contributed by atoms with Crippen molar-refractivity contribution in [2.24, 2.45) is 12.0 Å². The Morgan fingerprint density at radius 2 is 2.09 bits per heavy atom. The fourth-order valence-electron chi connectivity index (χ4n) is 2.01. The minimum absolute atomic E-state index is 0. The van der Waals surface area contributed by atoms with Gasteiger partial charge in [0.25, 0.3) is 0 Å². The highest BCUT2D eigenvalue weighted by Gasteiger charge is 2.24. The van der Waals surface area contributed by atoms with Crippen molar-refractivity contribution in [1.82, 2.24) is 19.7 Å². The second-order valence-electron chi connectivity index (χ2n) is 5.96. The molecule has 23 heavy (non-hydrogen) atoms. The Kier molecular flexibility index (Phi) is 7.66. The summed E-state index contributed by atoms with van der Waals surface area (Å²) in [4.78, 5) is 19.8. The first kappa shape index (κ1) is 20.1. The van der Waals surface area contributed by atoms with Crippen LogP contribution in [-0.4, -0.2) is 60.0 Å². The lowest BCUT2D eigenvalue weighted by Crippen LogP contribution is -2.41. The number of halogens is 2. The molecule has 1 N–H and O–H groups in total. The molecule has 1 aliphatic rings. The fourth-order valence-corrected chi connectivity index (χ4v) is 2.28. The molecule has 0 radical (unpaired) electrons. The summed E-state index contributed by atoms with van der Waals surface area (Å²) in [5.74, 6) is 0.750. The maximum Gasteiger partial charge on any atom is 0.243 e. The zero-order valence-corrected chi connectivity index (χ0v) is 17.1. The number of carbonyl (C=O) groups excluding carboxylic acids is 1. The van der Waals surface area contributed by atoms with Gasteiger partial charge in [0.05, 0.1) is 11.6 Å². The van der Waals surface area contributed by atoms with Gasteiger partial charge in [-0.25, -0.2) is 4.99 Å². The molecule has 0 spiro atoms. The number of aromatic nitrogens is 1. The third kappa shape index (κ3) is 6.21. The molecule has 8 heteroatoms. The molecule has 1 saturated carbocycles. The molecule has 0 saturated heterocycles. The Morgan fingerprint density at radius 3 is 2.57 bits per heavy atom. The van der Waals surface area contributed by atoms with E-state index in [2.05, 4.69) is 10.3 Å². The van der Waals surface area contributed by atoms with Crippen molar-refractivity contribution in [2.45, 2.75) is 25.4 Å². The summed E-state index contributed by atoms with van der Waals surface area (Å²) in [5, 5.41) is 4.12. The van der Waals surface area contributed by atoms with Gasteiger partial charge in [-0.1, -0.05) is 11.6 Å². The van der Waals surface area contributed by atoms with Crippen molar-refractivity contribution in [3.05, 3.63) is 23.0 Å². The summed E-state index contributed by atoms with van der Waals surface area (Å²) in [5.41, 5.74) is 1.09. The Balaban J connectivity index is 0.00000264. The lowest BCUT2D eigenvalue weighted by atomic mass is 10.4. The van der Waals surface area contributed by atoms with E-state index < -0.39 is 0 Å². The Labute approximate surface area is 159 Å². The van der Waals surface area contributed by atoms with Crippen molar-refractivity contribution >= 4 is 47.4 Å². The predicted molar refractivity (Wildman–Crippen MR) is 104 cm³/mol. The predicted octanol–water partition coefficient (Wildman–Crippen LogP) is 1.92. The van der Waals surface area contributed by atoms with Crippen molar-refractivity contribution in [3.8, 4) is 0 Å². The van der Waals surface area contributed by atoms with Crippen LogP contribution in [-0.2, 0) is 18.4 Å². The van der Waals surface area contributed by atoms with Crippen LogP contribution >= 0.6 is 35.6 Å². The summed E-state index contributed by atoms with van der Waals surface area (Å²) in [7, 11) is 7.41. The molecular formula is C15H25ClIN5O. The number of aryl methyl sites for hydroxylation is 1. The molecule has 0 bridgehead atoms. The summed E-state index contributed by atoms with van der Waals surface area (Å²) in [6, 6.07) is 2.42. The van der Waals surface area contributed by atoms with Gasteiger partial charge in [-0.05, 0) is 18.9 Å². The van der Waals surface area contributed by atoms with E-state index >= 15 is 0 Å². The van der Waals surface area contributed by atoms with E-state index in [1.807, 2.05) is 35.8 Å². The first-order chi connectivity index (χ1) is 10.4. The van der Waals surface area contributed by atoms with E-state index in [4.69, 9.17) is 11.6 Å². The number of likely N-dealkylation sites (N-methyl/N-ethyl adjacent to an activating group) is 1. The van der Waals surface area contributed by atoms with E-state index in [-0.39, 0.29) is 36.4 Å². The zero-order chi connectivity index (χ0) is 16.3. The van der Waals surface area contributed by atoms with Crippen LogP contribution in [0.25, 0.3) is 0 Å². The smallest absolute Gasteiger partial charge is 0.243 e. The number of rotatable bonds is 5. The minimum Gasteiger partial charge on any atom is -0.353 e. The number of hydrogen-bond donors (Lipinski definition) is 1. The van der Waals surface area contributed by atoms with Gasteiger partial charge in [0.2, 0.25) is 5.91 Å². The number of nitrogens with zero attached hydrogens (tertiary/aromatic N) is 4. The van der Waals surface area contributed by atoms with Gasteiger partial charge >= 0.3 is 0 Å². The second kappa shape index (κ2) is 8.77. The number of amides is 1. The first-order valence-corrected chi connectivity index (χ1v) is 7.77. The van der Waals surface area contributed by atoms with E-state index in [0.29, 0.717) is 12.6 Å². The number of hydrogen-bond acceptors (Lipinski definition) is 2. The maximum absolute atomic E-state index is 11.7. The van der Waals surface area contributed by atoms with Crippen molar-refractivity contribution in [1.29, 1.82) is 0 Å². The highest BCUT2D eigenvalue weighted by atomic mass is 127. The van der Waals surface area contributed by atoms with Gasteiger partial charge < -0.3 is 19.7 Å². The monoisotopic (exact) mass is 453 g/mol. The quantitative estimate of drug-likeness (QED) is 0.421. The standard InChI is InChI=1S/C15H24ClN5O.HI/c1-19(2)14(22)8-17-15(18-12-5-6-12)21(4)10-13-7-11(16)9-20(13)3;/h7,9,12H,5-6,8,10H2,1-4H3,(H,17,18);1H. The highest BCUT2D eigenvalue weighted by molar-refractivity contribution is 14.0. The third-order valence-electron chi connectivity index (χ3n) is 3.61. The SMILES string of the molecule is CN(C)C(=O)CN=C(NC1CC1)N(C)Cc1cc(Cl)cn1C.I. The topological polar surface area (TPSA) is 52.9 Å². The summed E-state index contributed by atoms with van der Waals surface area (Å²) in [6.07, 6.45) is 4.19. The van der Waals surface area contributed by atoms with Crippen molar-refractivity contribution < 1.29 is 4.79 Å². The third-order valence-corrected chi connectivity index (χ3v) is 3.82. The van der Waals surface area contributed by atoms with Gasteiger partial charge in [-0.2, -0.15) is 0 Å². The molecule has 0 aromatic carbocycles. The van der Waals surface area contributed by atoms with Crippen LogP contribution in [0.2, 0.25) is 5.02 Å². The van der Waals surface area contributed by atoms with Crippen LogP contribution in [0.4, 0.5) is 0 Å². The van der Waals surface area contributed by atoms with Gasteiger partial charge in [-0.15, -0.1) is 24.0 Å². The molecule has 1 aliphatic carbocycles. The number of guanidine groups is 1. The van der Waals surface area contributed by atoms with E-state index in [1.54, 1.807) is 19.0 Å². The Bertz CT molecular complexity index is 568. The highest BCUT2D eigenvalue weighted by Crippen LogP contribution is 2.19. The molecule has 6 nitrogen and oxygen atoms in total. The molecule has 0 atom stereocenters. The average Bonchev–Trinajstić information content (AvgIpc) is 3.20. The lowest BCUT2D eigenvalue weighted by molar-refractivity contribution is -0.127. The van der Waals surface area contributed by atoms with Gasteiger partial charge in [0.1, 0.15) is 6.54 Å². The van der Waals surface area contributed by atoms with Crippen LogP contribution in [0.3, 0.4) is 0 Å². The average molecular weight is 454 g/mol. The van der Waals surface area contributed by atoms with Crippen LogP contribution < -0.4 is 5.32 Å². The maximum atomic E-state index is 11.7. The molecule has 1 heterocycles. The molecule has 0 unspecified atom stereocenters. The van der Waals surface area contributed by atoms with Crippen LogP contribution in [0, 0.1) is 0 Å². The van der Waals surface area contributed by atoms with E-state index in [1.165, 1.54) is 0 Å². The second-order valence-corrected chi connectivity index (χ2v) is 6.40.